The van der Waals surface area contributed by atoms with E-state index >= 15 is 0 Å². The van der Waals surface area contributed by atoms with E-state index in [1.165, 1.54) is 37.5 Å². The molecule has 2 saturated heterocycles. The fourth-order valence-electron chi connectivity index (χ4n) is 7.87. The van der Waals surface area contributed by atoms with Gasteiger partial charge in [-0.25, -0.2) is 13.4 Å². The molecule has 3 heterocycles. The molecule has 7 rings (SSSR count). The van der Waals surface area contributed by atoms with Crippen molar-refractivity contribution in [1.82, 2.24) is 20.1 Å². The zero-order chi connectivity index (χ0) is 36.8. The van der Waals surface area contributed by atoms with Crippen molar-refractivity contribution in [3.63, 3.8) is 0 Å². The number of nitrogens with one attached hydrogen (secondary N) is 1. The monoisotopic (exact) mass is 752 g/mol. The summed E-state index contributed by atoms with van der Waals surface area (Å²) in [6, 6.07) is 18.0. The van der Waals surface area contributed by atoms with Gasteiger partial charge in [0.05, 0.1) is 43.0 Å². The van der Waals surface area contributed by atoms with Crippen LogP contribution in [-0.2, 0) is 28.1 Å². The third-order valence-electron chi connectivity index (χ3n) is 11.0. The van der Waals surface area contributed by atoms with Crippen molar-refractivity contribution in [2.24, 2.45) is 0 Å². The molecule has 12 heteroatoms. The summed E-state index contributed by atoms with van der Waals surface area (Å²) in [7, 11) is -3.88. The highest BCUT2D eigenvalue weighted by molar-refractivity contribution is 7.92. The minimum Gasteiger partial charge on any atom is -0.342 e. The summed E-state index contributed by atoms with van der Waals surface area (Å²) in [4.78, 5) is 24.5. The van der Waals surface area contributed by atoms with Crippen molar-refractivity contribution >= 4 is 38.2 Å². The molecule has 0 radical (unpaired) electrons. The summed E-state index contributed by atoms with van der Waals surface area (Å²) in [6.45, 7) is 7.04. The molecule has 276 valence electrons. The summed E-state index contributed by atoms with van der Waals surface area (Å²) in [5.74, 6) is -0.435. The number of alkyl halides is 3. The maximum atomic E-state index is 14.9. The lowest BCUT2D eigenvalue weighted by atomic mass is 9.93. The van der Waals surface area contributed by atoms with Gasteiger partial charge in [0.1, 0.15) is 0 Å². The van der Waals surface area contributed by atoms with Crippen LogP contribution in [0.4, 0.5) is 13.2 Å². The summed E-state index contributed by atoms with van der Waals surface area (Å²) < 4.78 is 69.3. The van der Waals surface area contributed by atoms with Crippen LogP contribution in [0.3, 0.4) is 0 Å². The maximum absolute atomic E-state index is 14.9. The van der Waals surface area contributed by atoms with Gasteiger partial charge in [0.15, 0.2) is 9.84 Å². The number of aromatic nitrogens is 1. The first-order valence-corrected chi connectivity index (χ1v) is 20.1. The van der Waals surface area contributed by atoms with Gasteiger partial charge in [0.25, 0.3) is 5.91 Å². The van der Waals surface area contributed by atoms with Crippen LogP contribution in [0.15, 0.2) is 71.6 Å². The number of hydrogen-bond acceptors (Lipinski definition) is 6. The van der Waals surface area contributed by atoms with Gasteiger partial charge in [-0.05, 0) is 108 Å². The molecule has 1 N–H and O–H groups in total. The van der Waals surface area contributed by atoms with Gasteiger partial charge in [-0.3, -0.25) is 9.69 Å². The number of benzene rings is 3. The summed E-state index contributed by atoms with van der Waals surface area (Å²) in [5.41, 5.74) is 0.839. The molecule has 1 aromatic heterocycles. The molecule has 0 spiro atoms. The van der Waals surface area contributed by atoms with Gasteiger partial charge in [0, 0.05) is 29.1 Å². The Balaban J connectivity index is 1.40. The minimum atomic E-state index is -4.60. The topological polar surface area (TPSA) is 82.6 Å². The van der Waals surface area contributed by atoms with Crippen molar-refractivity contribution in [2.75, 3.05) is 26.2 Å². The number of rotatable bonds is 9. The highest BCUT2D eigenvalue weighted by Gasteiger charge is 2.46. The first-order valence-electron chi connectivity index (χ1n) is 18.2. The summed E-state index contributed by atoms with van der Waals surface area (Å²) in [6.07, 6.45) is 2.35. The average Bonchev–Trinajstić information content (AvgIpc) is 3.92. The van der Waals surface area contributed by atoms with E-state index < -0.39 is 38.3 Å². The lowest BCUT2D eigenvalue weighted by molar-refractivity contribution is -0.137. The Kier molecular flexibility index (Phi) is 10.2. The molecule has 3 aliphatic rings. The van der Waals surface area contributed by atoms with Gasteiger partial charge in [0.2, 0.25) is 0 Å². The third kappa shape index (κ3) is 7.34. The minimum absolute atomic E-state index is 0.0643. The van der Waals surface area contributed by atoms with Crippen LogP contribution in [0.1, 0.15) is 85.8 Å². The van der Waals surface area contributed by atoms with Crippen LogP contribution < -0.4 is 5.32 Å². The van der Waals surface area contributed by atoms with E-state index in [9.17, 15) is 26.4 Å². The molecule has 0 atom stereocenters. The molecule has 1 saturated carbocycles. The van der Waals surface area contributed by atoms with Crippen LogP contribution >= 0.6 is 11.6 Å². The first kappa shape index (κ1) is 36.8. The number of fused-ring (bicyclic) bond motifs is 1. The number of amides is 1. The van der Waals surface area contributed by atoms with Crippen LogP contribution in [-0.4, -0.2) is 66.6 Å². The van der Waals surface area contributed by atoms with E-state index in [2.05, 4.69) is 15.1 Å². The van der Waals surface area contributed by atoms with Crippen molar-refractivity contribution < 1.29 is 26.4 Å². The summed E-state index contributed by atoms with van der Waals surface area (Å²) in [5, 5.41) is 2.72. The maximum Gasteiger partial charge on any atom is 0.416 e. The van der Waals surface area contributed by atoms with E-state index in [1.54, 1.807) is 19.9 Å². The van der Waals surface area contributed by atoms with Gasteiger partial charge in [-0.2, -0.15) is 13.2 Å². The fraction of sp³-hybridized carbons (Fsp3) is 0.450. The predicted octanol–water partition coefficient (Wildman–Crippen LogP) is 8.63. The molecule has 52 heavy (non-hydrogen) atoms. The van der Waals surface area contributed by atoms with E-state index in [0.717, 1.165) is 56.7 Å². The first-order chi connectivity index (χ1) is 24.8. The third-order valence-corrected chi connectivity index (χ3v) is 13.6. The molecule has 3 aromatic carbocycles. The smallest absolute Gasteiger partial charge is 0.342 e. The zero-order valence-corrected chi connectivity index (χ0v) is 31.0. The predicted molar refractivity (Wildman–Crippen MR) is 198 cm³/mol. The molecule has 2 aliphatic heterocycles. The quantitative estimate of drug-likeness (QED) is 0.185. The van der Waals surface area contributed by atoms with E-state index in [4.69, 9.17) is 16.6 Å². The molecular formula is C40H44ClF3N4O3S. The lowest BCUT2D eigenvalue weighted by Crippen LogP contribution is -2.46. The summed E-state index contributed by atoms with van der Waals surface area (Å²) >= 11 is 6.64. The molecule has 0 unspecified atom stereocenters. The zero-order valence-electron chi connectivity index (χ0n) is 29.5. The van der Waals surface area contributed by atoms with Crippen molar-refractivity contribution in [1.29, 1.82) is 0 Å². The highest BCUT2D eigenvalue weighted by atomic mass is 35.5. The molecule has 7 nitrogen and oxygen atoms in total. The molecule has 0 bridgehead atoms. The SMILES string of the molecule is CC(C)S(=O)(=O)c1cc2c(C(=O)NC3(c4ccccc4)CC3)c(CN3CCC(N4CCCCC4)CC3)c(-c3cccc(C(F)(F)F)c3)nc2cc1Cl. The van der Waals surface area contributed by atoms with E-state index in [-0.39, 0.29) is 38.8 Å². The number of likely N-dealkylation sites (tertiary alicyclic amines) is 2. The van der Waals surface area contributed by atoms with Gasteiger partial charge >= 0.3 is 6.18 Å². The van der Waals surface area contributed by atoms with Crippen LogP contribution in [0, 0.1) is 0 Å². The Bertz CT molecular complexity index is 2070. The van der Waals surface area contributed by atoms with E-state index in [0.29, 0.717) is 29.8 Å². The average molecular weight is 753 g/mol. The number of carbonyl (C=O) groups excluding carboxylic acids is 1. The molecule has 3 fully saturated rings. The highest BCUT2D eigenvalue weighted by Crippen LogP contribution is 2.46. The molecule has 1 amide bonds. The number of hydrogen-bond donors (Lipinski definition) is 1. The second-order valence-electron chi connectivity index (χ2n) is 14.8. The second-order valence-corrected chi connectivity index (χ2v) is 17.7. The lowest BCUT2D eigenvalue weighted by Gasteiger charge is -2.40. The number of halogens is 4. The Morgan fingerprint density at radius 3 is 2.29 bits per heavy atom. The van der Waals surface area contributed by atoms with Gasteiger partial charge in [-0.15, -0.1) is 0 Å². The molecule has 4 aromatic rings. The van der Waals surface area contributed by atoms with Crippen molar-refractivity contribution in [2.45, 2.75) is 93.2 Å². The molecular weight excluding hydrogens is 709 g/mol. The Hall–Kier alpha value is -3.51. The van der Waals surface area contributed by atoms with Crippen LogP contribution in [0.5, 0.6) is 0 Å². The van der Waals surface area contributed by atoms with Crippen LogP contribution in [0.2, 0.25) is 5.02 Å². The number of nitrogens with zero attached hydrogens (tertiary/aromatic N) is 3. The Morgan fingerprint density at radius 1 is 0.962 bits per heavy atom. The number of pyridine rings is 1. The Morgan fingerprint density at radius 2 is 1.65 bits per heavy atom. The van der Waals surface area contributed by atoms with Crippen molar-refractivity contribution in [3.8, 4) is 11.3 Å². The van der Waals surface area contributed by atoms with Gasteiger partial charge < -0.3 is 10.2 Å². The normalized spacial score (nSPS) is 18.9. The van der Waals surface area contributed by atoms with Crippen molar-refractivity contribution in [3.05, 3.63) is 94.0 Å². The van der Waals surface area contributed by atoms with Gasteiger partial charge in [-0.1, -0.05) is 60.5 Å². The standard InChI is InChI=1S/C40H44ClF3N4O3S/c1-26(2)52(50,51)35-23-31-34(24-33(35)41)45-37(27-10-9-13-29(22-27)40(42,43)44)32(25-47-20-14-30(15-21-47)48-18-7-4-8-19-48)36(31)38(49)46-39(16-17-39)28-11-5-3-6-12-28/h3,5-6,9-13,22-24,26,30H,4,7-8,14-21,25H2,1-2H3,(H,46,49). The number of piperidine rings is 2. The second kappa shape index (κ2) is 14.4. The number of carbonyl (C=O) groups is 1. The van der Waals surface area contributed by atoms with Crippen LogP contribution in [0.25, 0.3) is 22.2 Å². The Labute approximate surface area is 308 Å². The van der Waals surface area contributed by atoms with E-state index in [1.807, 2.05) is 30.3 Å². The largest absolute Gasteiger partial charge is 0.416 e. The molecule has 1 aliphatic carbocycles. The number of sulfone groups is 1. The fourth-order valence-corrected chi connectivity index (χ4v) is 9.47.